The number of nitriles is 1. The van der Waals surface area contributed by atoms with Gasteiger partial charge in [-0.1, -0.05) is 0 Å². The maximum atomic E-state index is 11.1. The molecule has 1 aromatic heterocycles. The van der Waals surface area contributed by atoms with Crippen molar-refractivity contribution in [1.29, 1.82) is 5.26 Å². The molecule has 0 aliphatic rings. The molecule has 78 valence electrons. The number of methoxy groups -OCH3 is 1. The minimum atomic E-state index is -0.758. The summed E-state index contributed by atoms with van der Waals surface area (Å²) in [5, 5.41) is 8.79. The number of nitrogens with zero attached hydrogens (tertiary/aromatic N) is 2. The summed E-state index contributed by atoms with van der Waals surface area (Å²) in [6.45, 7) is 0. The van der Waals surface area contributed by atoms with Gasteiger partial charge in [0.25, 0.3) is 0 Å². The van der Waals surface area contributed by atoms with Crippen LogP contribution in [0.1, 0.15) is 11.1 Å². The van der Waals surface area contributed by atoms with Gasteiger partial charge in [-0.2, -0.15) is 5.26 Å². The van der Waals surface area contributed by atoms with Crippen LogP contribution in [0.3, 0.4) is 0 Å². The highest BCUT2D eigenvalue weighted by molar-refractivity contribution is 5.75. The molecule has 0 aliphatic heterocycles. The largest absolute Gasteiger partial charge is 0.468 e. The highest BCUT2D eigenvalue weighted by Crippen LogP contribution is 2.08. The predicted octanol–water partition coefficient (Wildman–Crippen LogP) is -0.00392. The summed E-state index contributed by atoms with van der Waals surface area (Å²) < 4.78 is 4.49. The molecule has 0 saturated heterocycles. The van der Waals surface area contributed by atoms with Crippen molar-refractivity contribution in [2.45, 2.75) is 12.5 Å². The first-order valence-corrected chi connectivity index (χ1v) is 4.35. The lowest BCUT2D eigenvalue weighted by molar-refractivity contribution is -0.142. The molecular weight excluding hydrogens is 194 g/mol. The molecule has 0 radical (unpaired) electrons. The first-order chi connectivity index (χ1) is 7.19. The number of esters is 1. The SMILES string of the molecule is COC(=O)[C@H](N)Cc1cnccc1C#N. The lowest BCUT2D eigenvalue weighted by Gasteiger charge is -2.09. The Balaban J connectivity index is 2.81. The number of carbonyl (C=O) groups excluding carboxylic acids is 1. The lowest BCUT2D eigenvalue weighted by atomic mass is 10.0. The molecule has 1 aromatic rings. The van der Waals surface area contributed by atoms with Gasteiger partial charge < -0.3 is 10.5 Å². The van der Waals surface area contributed by atoms with E-state index in [1.165, 1.54) is 19.5 Å². The minimum absolute atomic E-state index is 0.253. The molecule has 0 bridgehead atoms. The summed E-state index contributed by atoms with van der Waals surface area (Å²) >= 11 is 0. The van der Waals surface area contributed by atoms with E-state index in [0.29, 0.717) is 11.1 Å². The second kappa shape index (κ2) is 5.08. The van der Waals surface area contributed by atoms with E-state index < -0.39 is 12.0 Å². The Bertz CT molecular complexity index is 398. The summed E-state index contributed by atoms with van der Waals surface area (Å²) in [5.41, 5.74) is 6.70. The first-order valence-electron chi connectivity index (χ1n) is 4.35. The highest BCUT2D eigenvalue weighted by Gasteiger charge is 2.16. The molecule has 0 aliphatic carbocycles. The second-order valence-corrected chi connectivity index (χ2v) is 2.98. The van der Waals surface area contributed by atoms with Crippen molar-refractivity contribution in [3.8, 4) is 6.07 Å². The number of hydrogen-bond donors (Lipinski definition) is 1. The molecule has 1 atom stereocenters. The van der Waals surface area contributed by atoms with Crippen LogP contribution in [0, 0.1) is 11.3 Å². The zero-order chi connectivity index (χ0) is 11.3. The van der Waals surface area contributed by atoms with Crippen LogP contribution in [0.25, 0.3) is 0 Å². The Morgan fingerprint density at radius 3 is 3.13 bits per heavy atom. The van der Waals surface area contributed by atoms with Crippen LogP contribution in [-0.4, -0.2) is 24.1 Å². The third-order valence-corrected chi connectivity index (χ3v) is 1.97. The molecule has 0 spiro atoms. The fraction of sp³-hybridized carbons (Fsp3) is 0.300. The quantitative estimate of drug-likeness (QED) is 0.701. The van der Waals surface area contributed by atoms with Gasteiger partial charge in [0.1, 0.15) is 6.04 Å². The average Bonchev–Trinajstić information content (AvgIpc) is 2.28. The second-order valence-electron chi connectivity index (χ2n) is 2.98. The Hall–Kier alpha value is -1.93. The summed E-state index contributed by atoms with van der Waals surface area (Å²) in [6, 6.07) is 2.83. The minimum Gasteiger partial charge on any atom is -0.468 e. The van der Waals surface area contributed by atoms with E-state index in [1.807, 2.05) is 6.07 Å². The maximum absolute atomic E-state index is 11.1. The molecule has 1 heterocycles. The van der Waals surface area contributed by atoms with Gasteiger partial charge in [0.05, 0.1) is 18.7 Å². The molecule has 2 N–H and O–H groups in total. The maximum Gasteiger partial charge on any atom is 0.322 e. The molecule has 0 aromatic carbocycles. The summed E-state index contributed by atoms with van der Waals surface area (Å²) in [4.78, 5) is 14.9. The highest BCUT2D eigenvalue weighted by atomic mass is 16.5. The summed E-state index contributed by atoms with van der Waals surface area (Å²) in [5.74, 6) is -0.497. The zero-order valence-corrected chi connectivity index (χ0v) is 8.30. The monoisotopic (exact) mass is 205 g/mol. The van der Waals surface area contributed by atoms with E-state index in [0.717, 1.165) is 0 Å². The molecule has 0 fully saturated rings. The smallest absolute Gasteiger partial charge is 0.322 e. The van der Waals surface area contributed by atoms with Crippen molar-refractivity contribution < 1.29 is 9.53 Å². The van der Waals surface area contributed by atoms with E-state index >= 15 is 0 Å². The lowest BCUT2D eigenvalue weighted by Crippen LogP contribution is -2.33. The number of nitrogens with two attached hydrogens (primary N) is 1. The van der Waals surface area contributed by atoms with E-state index in [-0.39, 0.29) is 6.42 Å². The van der Waals surface area contributed by atoms with Gasteiger partial charge in [0.15, 0.2) is 0 Å². The Morgan fingerprint density at radius 2 is 2.53 bits per heavy atom. The van der Waals surface area contributed by atoms with Gasteiger partial charge in [-0.05, 0) is 11.6 Å². The number of ether oxygens (including phenoxy) is 1. The fourth-order valence-corrected chi connectivity index (χ4v) is 1.17. The van der Waals surface area contributed by atoms with Crippen molar-refractivity contribution in [2.24, 2.45) is 5.73 Å². The molecule has 1 rings (SSSR count). The van der Waals surface area contributed by atoms with Gasteiger partial charge in [-0.25, -0.2) is 0 Å². The summed E-state index contributed by atoms with van der Waals surface area (Å²) in [7, 11) is 1.27. The van der Waals surface area contributed by atoms with E-state index in [9.17, 15) is 4.79 Å². The van der Waals surface area contributed by atoms with Gasteiger partial charge in [-0.3, -0.25) is 9.78 Å². The fourth-order valence-electron chi connectivity index (χ4n) is 1.17. The van der Waals surface area contributed by atoms with Crippen LogP contribution >= 0.6 is 0 Å². The van der Waals surface area contributed by atoms with E-state index in [4.69, 9.17) is 11.0 Å². The Kier molecular flexibility index (Phi) is 3.77. The van der Waals surface area contributed by atoms with Crippen molar-refractivity contribution >= 4 is 5.97 Å². The third kappa shape index (κ3) is 2.76. The Labute approximate surface area is 87.5 Å². The molecule has 15 heavy (non-hydrogen) atoms. The first kappa shape index (κ1) is 11.1. The van der Waals surface area contributed by atoms with Crippen LogP contribution in [0.5, 0.6) is 0 Å². The average molecular weight is 205 g/mol. The number of rotatable bonds is 3. The van der Waals surface area contributed by atoms with Gasteiger partial charge in [0.2, 0.25) is 0 Å². The normalized spacial score (nSPS) is 11.5. The molecule has 0 unspecified atom stereocenters. The van der Waals surface area contributed by atoms with Crippen molar-refractivity contribution in [2.75, 3.05) is 7.11 Å². The van der Waals surface area contributed by atoms with Crippen molar-refractivity contribution in [3.63, 3.8) is 0 Å². The zero-order valence-electron chi connectivity index (χ0n) is 8.30. The van der Waals surface area contributed by atoms with E-state index in [2.05, 4.69) is 9.72 Å². The number of hydrogen-bond acceptors (Lipinski definition) is 5. The van der Waals surface area contributed by atoms with E-state index in [1.54, 1.807) is 6.07 Å². The predicted molar refractivity (Wildman–Crippen MR) is 52.6 cm³/mol. The molecular formula is C10H11N3O2. The number of carbonyl (C=O) groups is 1. The van der Waals surface area contributed by atoms with Crippen LogP contribution in [0.4, 0.5) is 0 Å². The van der Waals surface area contributed by atoms with Crippen LogP contribution < -0.4 is 5.73 Å². The van der Waals surface area contributed by atoms with Crippen LogP contribution in [0.2, 0.25) is 0 Å². The molecule has 0 amide bonds. The molecule has 5 heteroatoms. The van der Waals surface area contributed by atoms with Gasteiger partial charge in [0, 0.05) is 18.8 Å². The Morgan fingerprint density at radius 1 is 1.80 bits per heavy atom. The van der Waals surface area contributed by atoms with Crippen molar-refractivity contribution in [1.82, 2.24) is 4.98 Å². The van der Waals surface area contributed by atoms with Crippen molar-refractivity contribution in [3.05, 3.63) is 29.6 Å². The topological polar surface area (TPSA) is 89.0 Å². The van der Waals surface area contributed by atoms with Gasteiger partial charge in [-0.15, -0.1) is 0 Å². The number of pyridine rings is 1. The van der Waals surface area contributed by atoms with Crippen LogP contribution in [-0.2, 0) is 16.0 Å². The summed E-state index contributed by atoms with van der Waals surface area (Å²) in [6.07, 6.45) is 3.30. The van der Waals surface area contributed by atoms with Gasteiger partial charge >= 0.3 is 5.97 Å². The standard InChI is InChI=1S/C10H11N3O2/c1-15-10(14)9(12)4-8-6-13-3-2-7(8)5-11/h2-3,6,9H,4,12H2,1H3/t9-/m1/s1. The van der Waals surface area contributed by atoms with Crippen LogP contribution in [0.15, 0.2) is 18.5 Å². The third-order valence-electron chi connectivity index (χ3n) is 1.97. The number of aromatic nitrogens is 1. The molecule has 0 saturated carbocycles. The molecule has 5 nitrogen and oxygen atoms in total.